The van der Waals surface area contributed by atoms with Gasteiger partial charge < -0.3 is 5.32 Å². The zero-order valence-corrected chi connectivity index (χ0v) is 10.1. The zero-order valence-electron chi connectivity index (χ0n) is 10.1. The van der Waals surface area contributed by atoms with Crippen LogP contribution >= 0.6 is 0 Å². The lowest BCUT2D eigenvalue weighted by Gasteiger charge is -2.05. The molecule has 1 aromatic carbocycles. The SMILES string of the molecule is CCCNCCCCc1ccccc1C. The van der Waals surface area contributed by atoms with Gasteiger partial charge in [0.05, 0.1) is 0 Å². The third kappa shape index (κ3) is 4.98. The minimum absolute atomic E-state index is 1.16. The van der Waals surface area contributed by atoms with Gasteiger partial charge in [0.1, 0.15) is 0 Å². The highest BCUT2D eigenvalue weighted by molar-refractivity contribution is 5.25. The minimum Gasteiger partial charge on any atom is -0.317 e. The van der Waals surface area contributed by atoms with Crippen molar-refractivity contribution in [2.45, 2.75) is 39.5 Å². The van der Waals surface area contributed by atoms with Crippen LogP contribution in [0.25, 0.3) is 0 Å². The highest BCUT2D eigenvalue weighted by atomic mass is 14.8. The van der Waals surface area contributed by atoms with Crippen molar-refractivity contribution in [2.24, 2.45) is 0 Å². The fourth-order valence-electron chi connectivity index (χ4n) is 1.76. The molecule has 0 spiro atoms. The van der Waals surface area contributed by atoms with Crippen LogP contribution in [-0.2, 0) is 6.42 Å². The van der Waals surface area contributed by atoms with Crippen LogP contribution in [0.15, 0.2) is 24.3 Å². The van der Waals surface area contributed by atoms with Crippen LogP contribution in [0.2, 0.25) is 0 Å². The van der Waals surface area contributed by atoms with Crippen molar-refractivity contribution in [3.05, 3.63) is 35.4 Å². The van der Waals surface area contributed by atoms with E-state index in [0.717, 1.165) is 6.54 Å². The Morgan fingerprint density at radius 2 is 1.87 bits per heavy atom. The number of hydrogen-bond donors (Lipinski definition) is 1. The fourth-order valence-corrected chi connectivity index (χ4v) is 1.76. The Kier molecular flexibility index (Phi) is 6.10. The topological polar surface area (TPSA) is 12.0 Å². The van der Waals surface area contributed by atoms with E-state index in [2.05, 4.69) is 43.4 Å². The number of nitrogens with one attached hydrogen (secondary N) is 1. The van der Waals surface area contributed by atoms with Crippen LogP contribution in [0.3, 0.4) is 0 Å². The molecule has 0 aromatic heterocycles. The second-order valence-corrected chi connectivity index (χ2v) is 4.13. The molecule has 0 amide bonds. The van der Waals surface area contributed by atoms with Crippen LogP contribution in [0, 0.1) is 6.92 Å². The Hall–Kier alpha value is -0.820. The summed E-state index contributed by atoms with van der Waals surface area (Å²) >= 11 is 0. The zero-order chi connectivity index (χ0) is 10.9. The molecule has 1 N–H and O–H groups in total. The van der Waals surface area contributed by atoms with E-state index in [1.54, 1.807) is 0 Å². The fraction of sp³-hybridized carbons (Fsp3) is 0.571. The predicted molar refractivity (Wildman–Crippen MR) is 67.3 cm³/mol. The summed E-state index contributed by atoms with van der Waals surface area (Å²) in [5.41, 5.74) is 2.94. The van der Waals surface area contributed by atoms with Gasteiger partial charge >= 0.3 is 0 Å². The Balaban J connectivity index is 2.12. The maximum atomic E-state index is 3.44. The molecule has 0 bridgehead atoms. The summed E-state index contributed by atoms with van der Waals surface area (Å²) in [5.74, 6) is 0. The lowest BCUT2D eigenvalue weighted by Crippen LogP contribution is -2.15. The molecule has 0 fully saturated rings. The van der Waals surface area contributed by atoms with Crippen molar-refractivity contribution in [3.8, 4) is 0 Å². The number of aryl methyl sites for hydroxylation is 2. The van der Waals surface area contributed by atoms with E-state index in [4.69, 9.17) is 0 Å². The van der Waals surface area contributed by atoms with Gasteiger partial charge in [0.15, 0.2) is 0 Å². The number of benzene rings is 1. The number of unbranched alkanes of at least 4 members (excludes halogenated alkanes) is 1. The number of hydrogen-bond acceptors (Lipinski definition) is 1. The molecule has 84 valence electrons. The first-order valence-electron chi connectivity index (χ1n) is 6.10. The molecule has 1 aromatic rings. The molecule has 0 saturated heterocycles. The Labute approximate surface area is 93.9 Å². The van der Waals surface area contributed by atoms with E-state index >= 15 is 0 Å². The molecule has 1 nitrogen and oxygen atoms in total. The van der Waals surface area contributed by atoms with Crippen molar-refractivity contribution in [1.82, 2.24) is 5.32 Å². The third-order valence-electron chi connectivity index (χ3n) is 2.74. The summed E-state index contributed by atoms with van der Waals surface area (Å²) in [5, 5.41) is 3.44. The summed E-state index contributed by atoms with van der Waals surface area (Å²) in [7, 11) is 0. The van der Waals surface area contributed by atoms with Gasteiger partial charge in [-0.3, -0.25) is 0 Å². The maximum Gasteiger partial charge on any atom is -0.00488 e. The average molecular weight is 205 g/mol. The molecule has 0 aliphatic rings. The van der Waals surface area contributed by atoms with Crippen LogP contribution in [0.4, 0.5) is 0 Å². The van der Waals surface area contributed by atoms with E-state index in [1.165, 1.54) is 43.4 Å². The van der Waals surface area contributed by atoms with Gasteiger partial charge in [-0.15, -0.1) is 0 Å². The predicted octanol–water partition coefficient (Wildman–Crippen LogP) is 3.32. The van der Waals surface area contributed by atoms with E-state index in [9.17, 15) is 0 Å². The summed E-state index contributed by atoms with van der Waals surface area (Å²) in [6, 6.07) is 8.69. The van der Waals surface area contributed by atoms with Crippen molar-refractivity contribution in [1.29, 1.82) is 0 Å². The van der Waals surface area contributed by atoms with Crippen LogP contribution < -0.4 is 5.32 Å². The summed E-state index contributed by atoms with van der Waals surface area (Å²) < 4.78 is 0. The van der Waals surface area contributed by atoms with Crippen molar-refractivity contribution >= 4 is 0 Å². The standard InChI is InChI=1S/C14H23N/c1-3-11-15-12-7-6-10-14-9-5-4-8-13(14)2/h4-5,8-9,15H,3,6-7,10-12H2,1-2H3. The van der Waals surface area contributed by atoms with Gasteiger partial charge in [0.2, 0.25) is 0 Å². The molecule has 1 rings (SSSR count). The Morgan fingerprint density at radius 3 is 2.60 bits per heavy atom. The Morgan fingerprint density at radius 1 is 1.07 bits per heavy atom. The molecule has 0 aliphatic heterocycles. The number of rotatable bonds is 7. The molecule has 0 aliphatic carbocycles. The largest absolute Gasteiger partial charge is 0.317 e. The maximum absolute atomic E-state index is 3.44. The first-order valence-corrected chi connectivity index (χ1v) is 6.10. The van der Waals surface area contributed by atoms with Crippen LogP contribution in [-0.4, -0.2) is 13.1 Å². The first-order chi connectivity index (χ1) is 7.34. The normalized spacial score (nSPS) is 10.5. The second kappa shape index (κ2) is 7.47. The second-order valence-electron chi connectivity index (χ2n) is 4.13. The molecular weight excluding hydrogens is 182 g/mol. The molecule has 0 unspecified atom stereocenters. The highest BCUT2D eigenvalue weighted by Crippen LogP contribution is 2.10. The summed E-state index contributed by atoms with van der Waals surface area (Å²) in [6.07, 6.45) is 5.04. The summed E-state index contributed by atoms with van der Waals surface area (Å²) in [6.45, 7) is 6.73. The van der Waals surface area contributed by atoms with Gasteiger partial charge in [-0.05, 0) is 56.8 Å². The quantitative estimate of drug-likeness (QED) is 0.673. The van der Waals surface area contributed by atoms with Crippen molar-refractivity contribution < 1.29 is 0 Å². The van der Waals surface area contributed by atoms with Crippen LogP contribution in [0.1, 0.15) is 37.3 Å². The van der Waals surface area contributed by atoms with E-state index in [1.807, 2.05) is 0 Å². The molecule has 1 heteroatoms. The van der Waals surface area contributed by atoms with Gasteiger partial charge in [0.25, 0.3) is 0 Å². The lowest BCUT2D eigenvalue weighted by molar-refractivity contribution is 0.616. The molecular formula is C14H23N. The molecule has 15 heavy (non-hydrogen) atoms. The van der Waals surface area contributed by atoms with Crippen LogP contribution in [0.5, 0.6) is 0 Å². The van der Waals surface area contributed by atoms with Gasteiger partial charge in [-0.25, -0.2) is 0 Å². The smallest absolute Gasteiger partial charge is 0.00488 e. The molecule has 0 atom stereocenters. The summed E-state index contributed by atoms with van der Waals surface area (Å²) in [4.78, 5) is 0. The van der Waals surface area contributed by atoms with Crippen molar-refractivity contribution in [2.75, 3.05) is 13.1 Å². The Bertz CT molecular complexity index is 268. The van der Waals surface area contributed by atoms with E-state index in [-0.39, 0.29) is 0 Å². The van der Waals surface area contributed by atoms with Gasteiger partial charge in [0, 0.05) is 0 Å². The van der Waals surface area contributed by atoms with Gasteiger partial charge in [-0.1, -0.05) is 31.2 Å². The minimum atomic E-state index is 1.16. The van der Waals surface area contributed by atoms with E-state index < -0.39 is 0 Å². The highest BCUT2D eigenvalue weighted by Gasteiger charge is 1.96. The van der Waals surface area contributed by atoms with Crippen molar-refractivity contribution in [3.63, 3.8) is 0 Å². The molecule has 0 radical (unpaired) electrons. The monoisotopic (exact) mass is 205 g/mol. The molecule has 0 saturated carbocycles. The van der Waals surface area contributed by atoms with E-state index in [0.29, 0.717) is 0 Å². The average Bonchev–Trinajstić information content (AvgIpc) is 2.25. The van der Waals surface area contributed by atoms with Gasteiger partial charge in [-0.2, -0.15) is 0 Å². The first kappa shape index (κ1) is 12.3. The lowest BCUT2D eigenvalue weighted by atomic mass is 10.0. The molecule has 0 heterocycles. The third-order valence-corrected chi connectivity index (χ3v) is 2.74.